The topological polar surface area (TPSA) is 0 Å². The Balaban J connectivity index is 3.25. The first-order chi connectivity index (χ1) is 3.81. The summed E-state index contributed by atoms with van der Waals surface area (Å²) in [6.07, 6.45) is 6.34. The van der Waals surface area contributed by atoms with Gasteiger partial charge in [0.1, 0.15) is 0 Å². The first kappa shape index (κ1) is 7.48. The Morgan fingerprint density at radius 3 is 2.62 bits per heavy atom. The van der Waals surface area contributed by atoms with Crippen LogP contribution in [-0.4, -0.2) is 0 Å². The maximum absolute atomic E-state index is 3.86. The molecule has 0 nitrogen and oxygen atoms in total. The minimum absolute atomic E-state index is 1.05. The molecule has 8 heavy (non-hydrogen) atoms. The van der Waals surface area contributed by atoms with E-state index in [1.807, 2.05) is 6.92 Å². The van der Waals surface area contributed by atoms with Crippen molar-refractivity contribution in [3.8, 4) is 0 Å². The quantitative estimate of drug-likeness (QED) is 0.490. The van der Waals surface area contributed by atoms with Crippen LogP contribution in [0.15, 0.2) is 24.3 Å². The van der Waals surface area contributed by atoms with Crippen molar-refractivity contribution >= 4 is 0 Å². The van der Waals surface area contributed by atoms with E-state index in [1.165, 1.54) is 5.57 Å². The third-order valence-electron chi connectivity index (χ3n) is 1.14. The first-order valence-electron chi connectivity index (χ1n) is 3.09. The second-order valence-electron chi connectivity index (χ2n) is 1.88. The summed E-state index contributed by atoms with van der Waals surface area (Å²) in [6.45, 7) is 8.02. The molecule has 0 spiro atoms. The Morgan fingerprint density at radius 2 is 2.25 bits per heavy atom. The summed E-state index contributed by atoms with van der Waals surface area (Å²) >= 11 is 0. The molecule has 0 aliphatic heterocycles. The molecule has 0 amide bonds. The van der Waals surface area contributed by atoms with Gasteiger partial charge in [0.25, 0.3) is 0 Å². The lowest BCUT2D eigenvalue weighted by Gasteiger charge is -1.92. The van der Waals surface area contributed by atoms with Crippen LogP contribution in [0.5, 0.6) is 0 Å². The molecule has 0 bridgehead atoms. The largest absolute Gasteiger partial charge is 0.0996 e. The highest BCUT2D eigenvalue weighted by Crippen LogP contribution is 2.02. The van der Waals surface area contributed by atoms with Crippen LogP contribution in [-0.2, 0) is 0 Å². The molecule has 0 fully saturated rings. The fraction of sp³-hybridized carbons (Fsp3) is 0.500. The molecule has 0 radical (unpaired) electrons. The Morgan fingerprint density at radius 1 is 1.62 bits per heavy atom. The Hall–Kier alpha value is -0.520. The van der Waals surface area contributed by atoms with Gasteiger partial charge in [-0.15, -0.1) is 0 Å². The molecule has 0 heterocycles. The maximum Gasteiger partial charge on any atom is -0.0142 e. The summed E-state index contributed by atoms with van der Waals surface area (Å²) in [5.41, 5.74) is 1.31. The lowest BCUT2D eigenvalue weighted by atomic mass is 10.1. The summed E-state index contributed by atoms with van der Waals surface area (Å²) in [5.74, 6) is 0. The zero-order valence-electron chi connectivity index (χ0n) is 5.78. The van der Waals surface area contributed by atoms with E-state index < -0.39 is 0 Å². The van der Waals surface area contributed by atoms with Crippen molar-refractivity contribution in [1.29, 1.82) is 0 Å². The van der Waals surface area contributed by atoms with Gasteiger partial charge >= 0.3 is 0 Å². The molecule has 0 aliphatic carbocycles. The van der Waals surface area contributed by atoms with Gasteiger partial charge < -0.3 is 0 Å². The molecule has 0 saturated carbocycles. The minimum Gasteiger partial charge on any atom is -0.0996 e. The molecular formula is C8H14. The van der Waals surface area contributed by atoms with Crippen LogP contribution in [0.1, 0.15) is 26.7 Å². The fourth-order valence-electron chi connectivity index (χ4n) is 0.429. The van der Waals surface area contributed by atoms with Gasteiger partial charge in [0, 0.05) is 0 Å². The highest BCUT2D eigenvalue weighted by Gasteiger charge is 1.81. The molecule has 0 atom stereocenters. The van der Waals surface area contributed by atoms with E-state index in [0.717, 1.165) is 12.8 Å². The van der Waals surface area contributed by atoms with Crippen LogP contribution in [0.4, 0.5) is 0 Å². The number of hydrogen-bond acceptors (Lipinski definition) is 0. The van der Waals surface area contributed by atoms with Crippen molar-refractivity contribution in [3.63, 3.8) is 0 Å². The smallest absolute Gasteiger partial charge is 0.0142 e. The van der Waals surface area contributed by atoms with E-state index in [4.69, 9.17) is 0 Å². The summed E-state index contributed by atoms with van der Waals surface area (Å²) in [4.78, 5) is 0. The third-order valence-corrected chi connectivity index (χ3v) is 1.14. The highest BCUT2D eigenvalue weighted by molar-refractivity contribution is 5.00. The fourth-order valence-corrected chi connectivity index (χ4v) is 0.429. The number of rotatable bonds is 3. The van der Waals surface area contributed by atoms with E-state index in [9.17, 15) is 0 Å². The molecule has 0 aliphatic rings. The van der Waals surface area contributed by atoms with Gasteiger partial charge in [-0.25, -0.2) is 0 Å². The lowest BCUT2D eigenvalue weighted by Crippen LogP contribution is -1.71. The van der Waals surface area contributed by atoms with Crippen molar-refractivity contribution < 1.29 is 0 Å². The minimum atomic E-state index is 1.05. The van der Waals surface area contributed by atoms with Gasteiger partial charge in [-0.3, -0.25) is 0 Å². The van der Waals surface area contributed by atoms with Gasteiger partial charge in [-0.2, -0.15) is 0 Å². The molecule has 0 rings (SSSR count). The van der Waals surface area contributed by atoms with Crippen molar-refractivity contribution in [2.75, 3.05) is 0 Å². The monoisotopic (exact) mass is 110 g/mol. The third kappa shape index (κ3) is 3.66. The first-order valence-corrected chi connectivity index (χ1v) is 3.09. The van der Waals surface area contributed by atoms with Gasteiger partial charge in [0.2, 0.25) is 0 Å². The van der Waals surface area contributed by atoms with E-state index in [-0.39, 0.29) is 0 Å². The summed E-state index contributed by atoms with van der Waals surface area (Å²) in [7, 11) is 0. The SMILES string of the molecule is C=C(CC)CC=CC. The standard InChI is InChI=1S/C8H14/c1-4-6-7-8(3)5-2/h4,6H,3,5,7H2,1-2H3. The molecule has 0 saturated heterocycles. The maximum atomic E-state index is 3.86. The molecule has 0 aromatic rings. The summed E-state index contributed by atoms with van der Waals surface area (Å²) < 4.78 is 0. The van der Waals surface area contributed by atoms with Crippen LogP contribution >= 0.6 is 0 Å². The molecule has 0 aromatic carbocycles. The highest BCUT2D eigenvalue weighted by atomic mass is 13.9. The van der Waals surface area contributed by atoms with Gasteiger partial charge in [-0.1, -0.05) is 31.2 Å². The Labute approximate surface area is 51.9 Å². The van der Waals surface area contributed by atoms with Crippen molar-refractivity contribution in [3.05, 3.63) is 24.3 Å². The molecule has 0 aromatic heterocycles. The predicted molar refractivity (Wildman–Crippen MR) is 38.9 cm³/mol. The molecule has 0 unspecified atom stereocenters. The number of hydrogen-bond donors (Lipinski definition) is 0. The van der Waals surface area contributed by atoms with E-state index in [1.54, 1.807) is 0 Å². The summed E-state index contributed by atoms with van der Waals surface area (Å²) in [6, 6.07) is 0. The van der Waals surface area contributed by atoms with Crippen molar-refractivity contribution in [2.24, 2.45) is 0 Å². The second-order valence-corrected chi connectivity index (χ2v) is 1.88. The normalized spacial score (nSPS) is 10.2. The molecule has 0 heteroatoms. The zero-order chi connectivity index (χ0) is 6.41. The van der Waals surface area contributed by atoms with Crippen LogP contribution in [0.3, 0.4) is 0 Å². The Kier molecular flexibility index (Phi) is 4.33. The zero-order valence-corrected chi connectivity index (χ0v) is 5.78. The van der Waals surface area contributed by atoms with Gasteiger partial charge in [0.15, 0.2) is 0 Å². The predicted octanol–water partition coefficient (Wildman–Crippen LogP) is 2.92. The van der Waals surface area contributed by atoms with E-state index in [0.29, 0.717) is 0 Å². The van der Waals surface area contributed by atoms with Crippen LogP contribution < -0.4 is 0 Å². The number of allylic oxidation sites excluding steroid dienone is 3. The second kappa shape index (κ2) is 4.63. The van der Waals surface area contributed by atoms with Gasteiger partial charge in [-0.05, 0) is 19.8 Å². The van der Waals surface area contributed by atoms with Crippen molar-refractivity contribution in [2.45, 2.75) is 26.7 Å². The average molecular weight is 110 g/mol. The Bertz CT molecular complexity index is 88.2. The van der Waals surface area contributed by atoms with Crippen molar-refractivity contribution in [1.82, 2.24) is 0 Å². The average Bonchev–Trinajstić information content (AvgIpc) is 1.83. The van der Waals surface area contributed by atoms with Crippen LogP contribution in [0, 0.1) is 0 Å². The van der Waals surface area contributed by atoms with Gasteiger partial charge in [0.05, 0.1) is 0 Å². The lowest BCUT2D eigenvalue weighted by molar-refractivity contribution is 1.04. The molecule has 46 valence electrons. The van der Waals surface area contributed by atoms with E-state index >= 15 is 0 Å². The van der Waals surface area contributed by atoms with Crippen LogP contribution in [0.25, 0.3) is 0 Å². The molecule has 0 N–H and O–H groups in total. The summed E-state index contributed by atoms with van der Waals surface area (Å²) in [5, 5.41) is 0. The van der Waals surface area contributed by atoms with E-state index in [2.05, 4.69) is 25.7 Å². The molecular weight excluding hydrogens is 96.1 g/mol. The van der Waals surface area contributed by atoms with Crippen LogP contribution in [0.2, 0.25) is 0 Å².